The molecule has 3 aromatic rings. The molecule has 4 nitrogen and oxygen atoms in total. The summed E-state index contributed by atoms with van der Waals surface area (Å²) in [5.41, 5.74) is 2.54. The summed E-state index contributed by atoms with van der Waals surface area (Å²) in [5.74, 6) is 0. The maximum atomic E-state index is 13.2. The monoisotopic (exact) mass is 361 g/mol. The first-order valence-corrected chi connectivity index (χ1v) is 8.45. The largest absolute Gasteiger partial charge is 0.416 e. The summed E-state index contributed by atoms with van der Waals surface area (Å²) in [4.78, 5) is 3.93. The Morgan fingerprint density at radius 1 is 1.19 bits per heavy atom. The number of hydrogen-bond acceptors (Lipinski definition) is 3. The van der Waals surface area contributed by atoms with Crippen LogP contribution in [0.3, 0.4) is 0 Å². The van der Waals surface area contributed by atoms with Gasteiger partial charge >= 0.3 is 6.18 Å². The lowest BCUT2D eigenvalue weighted by atomic mass is 10.0. The Hall–Kier alpha value is -2.38. The molecule has 2 N–H and O–H groups in total. The molecule has 1 unspecified atom stereocenters. The third-order valence-corrected chi connectivity index (χ3v) is 4.90. The molecule has 0 bridgehead atoms. The quantitative estimate of drug-likeness (QED) is 0.751. The predicted molar refractivity (Wildman–Crippen MR) is 91.5 cm³/mol. The van der Waals surface area contributed by atoms with E-state index < -0.39 is 17.8 Å². The van der Waals surface area contributed by atoms with Crippen LogP contribution in [0.4, 0.5) is 13.2 Å². The molecule has 0 radical (unpaired) electrons. The van der Waals surface area contributed by atoms with Gasteiger partial charge in [-0.1, -0.05) is 6.07 Å². The number of aliphatic hydroxyl groups excluding tert-OH is 1. The van der Waals surface area contributed by atoms with Gasteiger partial charge in [0.05, 0.1) is 18.2 Å². The van der Waals surface area contributed by atoms with Crippen molar-refractivity contribution in [3.63, 3.8) is 0 Å². The van der Waals surface area contributed by atoms with Gasteiger partial charge in [0.1, 0.15) is 0 Å². The number of pyridine rings is 1. The smallest absolute Gasteiger partial charge is 0.387 e. The molecule has 26 heavy (non-hydrogen) atoms. The average Bonchev–Trinajstić information content (AvgIpc) is 2.95. The number of aromatic nitrogens is 2. The van der Waals surface area contributed by atoms with Crippen molar-refractivity contribution < 1.29 is 18.3 Å². The number of alkyl halides is 3. The number of hydrogen-bond donors (Lipinski definition) is 2. The van der Waals surface area contributed by atoms with E-state index in [-0.39, 0.29) is 6.54 Å². The Labute approximate surface area is 148 Å². The zero-order valence-corrected chi connectivity index (χ0v) is 13.9. The third kappa shape index (κ3) is 2.97. The molecule has 1 atom stereocenters. The van der Waals surface area contributed by atoms with Gasteiger partial charge in [0.15, 0.2) is 0 Å². The second-order valence-corrected chi connectivity index (χ2v) is 6.49. The first-order valence-electron chi connectivity index (χ1n) is 8.45. The number of aliphatic hydroxyl groups is 1. The molecule has 1 aliphatic rings. The zero-order chi connectivity index (χ0) is 18.3. The number of rotatable bonds is 3. The average molecular weight is 361 g/mol. The fraction of sp³-hybridized carbons (Fsp3) is 0.316. The Balaban J connectivity index is 1.83. The number of halogens is 3. The van der Waals surface area contributed by atoms with E-state index in [2.05, 4.69) is 10.3 Å². The van der Waals surface area contributed by atoms with Crippen LogP contribution in [-0.4, -0.2) is 21.2 Å². The Bertz CT molecular complexity index is 935. The van der Waals surface area contributed by atoms with Crippen LogP contribution >= 0.6 is 0 Å². The molecule has 0 saturated carbocycles. The van der Waals surface area contributed by atoms with Crippen molar-refractivity contribution in [3.8, 4) is 0 Å². The minimum absolute atomic E-state index is 0.206. The molecule has 0 saturated heterocycles. The topological polar surface area (TPSA) is 50.1 Å². The minimum Gasteiger partial charge on any atom is -0.387 e. The summed E-state index contributed by atoms with van der Waals surface area (Å²) in [6.45, 7) is 1.59. The van der Waals surface area contributed by atoms with E-state index in [1.165, 1.54) is 6.07 Å². The van der Waals surface area contributed by atoms with Crippen molar-refractivity contribution in [3.05, 3.63) is 65.1 Å². The fourth-order valence-corrected chi connectivity index (χ4v) is 3.63. The molecule has 3 heterocycles. The van der Waals surface area contributed by atoms with Crippen molar-refractivity contribution in [2.75, 3.05) is 6.54 Å². The van der Waals surface area contributed by atoms with Gasteiger partial charge in [0.2, 0.25) is 0 Å². The van der Waals surface area contributed by atoms with Crippen LogP contribution in [-0.2, 0) is 25.7 Å². The molecule has 1 aliphatic heterocycles. The van der Waals surface area contributed by atoms with Gasteiger partial charge < -0.3 is 15.0 Å². The van der Waals surface area contributed by atoms with Gasteiger partial charge in [-0.05, 0) is 35.4 Å². The molecule has 0 spiro atoms. The van der Waals surface area contributed by atoms with E-state index >= 15 is 0 Å². The van der Waals surface area contributed by atoms with Crippen LogP contribution in [0.5, 0.6) is 0 Å². The minimum atomic E-state index is -4.40. The number of fused-ring (bicyclic) bond motifs is 3. The van der Waals surface area contributed by atoms with Crippen LogP contribution in [0.2, 0.25) is 0 Å². The Kier molecular flexibility index (Phi) is 4.20. The van der Waals surface area contributed by atoms with Crippen molar-refractivity contribution in [1.29, 1.82) is 0 Å². The second-order valence-electron chi connectivity index (χ2n) is 6.49. The molecule has 0 aliphatic carbocycles. The highest BCUT2D eigenvalue weighted by Crippen LogP contribution is 2.36. The molecule has 4 rings (SSSR count). The van der Waals surface area contributed by atoms with Crippen LogP contribution < -0.4 is 5.32 Å². The summed E-state index contributed by atoms with van der Waals surface area (Å²) in [6, 6.07) is 7.28. The molecule has 0 fully saturated rings. The summed E-state index contributed by atoms with van der Waals surface area (Å²) < 4.78 is 41.4. The second kappa shape index (κ2) is 6.41. The van der Waals surface area contributed by atoms with E-state index in [4.69, 9.17) is 0 Å². The van der Waals surface area contributed by atoms with Crippen LogP contribution in [0.1, 0.15) is 28.5 Å². The van der Waals surface area contributed by atoms with Crippen LogP contribution in [0.15, 0.2) is 42.7 Å². The van der Waals surface area contributed by atoms with Gasteiger partial charge in [-0.2, -0.15) is 13.2 Å². The van der Waals surface area contributed by atoms with Crippen molar-refractivity contribution in [2.45, 2.75) is 31.8 Å². The normalized spacial score (nSPS) is 15.8. The molecular weight excluding hydrogens is 343 g/mol. The summed E-state index contributed by atoms with van der Waals surface area (Å²) >= 11 is 0. The predicted octanol–water partition coefficient (Wildman–Crippen LogP) is 3.43. The molecule has 136 valence electrons. The number of nitrogens with one attached hydrogen (secondary N) is 1. The van der Waals surface area contributed by atoms with Gasteiger partial charge in [0.25, 0.3) is 0 Å². The maximum Gasteiger partial charge on any atom is 0.416 e. The summed E-state index contributed by atoms with van der Waals surface area (Å²) in [6.07, 6.45) is -1.32. The van der Waals surface area contributed by atoms with Crippen LogP contribution in [0, 0.1) is 0 Å². The standard InChI is InChI=1S/C19H18F3N3O/c20-19(21,22)13-1-2-14-15-10-24-8-5-16(15)25(17(14)9-13)11-18(26)12-3-6-23-7-4-12/h1-4,6-7,9,18,24,26H,5,8,10-11H2. The molecule has 1 aromatic carbocycles. The Morgan fingerprint density at radius 3 is 2.69 bits per heavy atom. The summed E-state index contributed by atoms with van der Waals surface area (Å²) in [7, 11) is 0. The van der Waals surface area contributed by atoms with Gasteiger partial charge in [-0.25, -0.2) is 0 Å². The highest BCUT2D eigenvalue weighted by molar-refractivity contribution is 5.86. The Morgan fingerprint density at radius 2 is 1.96 bits per heavy atom. The number of nitrogens with zero attached hydrogens (tertiary/aromatic N) is 2. The van der Waals surface area contributed by atoms with E-state index in [1.54, 1.807) is 30.6 Å². The van der Waals surface area contributed by atoms with Gasteiger partial charge in [-0.3, -0.25) is 4.98 Å². The van der Waals surface area contributed by atoms with Crippen molar-refractivity contribution in [1.82, 2.24) is 14.9 Å². The van der Waals surface area contributed by atoms with Crippen molar-refractivity contribution in [2.24, 2.45) is 0 Å². The van der Waals surface area contributed by atoms with E-state index in [1.807, 2.05) is 4.57 Å². The molecular formula is C19H18F3N3O. The third-order valence-electron chi connectivity index (χ3n) is 4.90. The molecule has 2 aromatic heterocycles. The molecule has 7 heteroatoms. The van der Waals surface area contributed by atoms with E-state index in [0.717, 1.165) is 29.3 Å². The van der Waals surface area contributed by atoms with Crippen LogP contribution in [0.25, 0.3) is 10.9 Å². The van der Waals surface area contributed by atoms with E-state index in [0.29, 0.717) is 24.0 Å². The highest BCUT2D eigenvalue weighted by atomic mass is 19.4. The maximum absolute atomic E-state index is 13.2. The zero-order valence-electron chi connectivity index (χ0n) is 13.9. The number of benzene rings is 1. The lowest BCUT2D eigenvalue weighted by Gasteiger charge is -2.19. The fourth-order valence-electron chi connectivity index (χ4n) is 3.63. The van der Waals surface area contributed by atoms with Gasteiger partial charge in [-0.15, -0.1) is 0 Å². The van der Waals surface area contributed by atoms with Gasteiger partial charge in [0, 0.05) is 48.5 Å². The highest BCUT2D eigenvalue weighted by Gasteiger charge is 2.32. The lowest BCUT2D eigenvalue weighted by molar-refractivity contribution is -0.137. The summed E-state index contributed by atoms with van der Waals surface area (Å²) in [5, 5.41) is 14.7. The SMILES string of the molecule is OC(Cn1c2c(c3ccc(C(F)(F)F)cc31)CNCC2)c1ccncc1. The molecule has 0 amide bonds. The lowest BCUT2D eigenvalue weighted by Crippen LogP contribution is -2.25. The van der Waals surface area contributed by atoms with E-state index in [9.17, 15) is 18.3 Å². The first kappa shape index (κ1) is 17.1. The first-order chi connectivity index (χ1) is 12.4. The van der Waals surface area contributed by atoms with Crippen molar-refractivity contribution >= 4 is 10.9 Å².